The van der Waals surface area contributed by atoms with Gasteiger partial charge in [0.15, 0.2) is 5.17 Å². The third-order valence-corrected chi connectivity index (χ3v) is 5.67. The number of ether oxygens (including phenoxy) is 1. The number of amidine groups is 1. The Balaban J connectivity index is 1.59. The molecule has 0 atom stereocenters. The Labute approximate surface area is 162 Å². The van der Waals surface area contributed by atoms with Crippen molar-refractivity contribution in [2.45, 2.75) is 0 Å². The van der Waals surface area contributed by atoms with Gasteiger partial charge in [-0.2, -0.15) is 4.99 Å². The predicted octanol–water partition coefficient (Wildman–Crippen LogP) is 4.85. The predicted molar refractivity (Wildman–Crippen MR) is 108 cm³/mol. The molecular weight excluding hydrogens is 390 g/mol. The van der Waals surface area contributed by atoms with E-state index in [4.69, 9.17) is 16.3 Å². The van der Waals surface area contributed by atoms with Crippen molar-refractivity contribution in [3.8, 4) is 5.75 Å². The van der Waals surface area contributed by atoms with Crippen molar-refractivity contribution in [3.63, 3.8) is 0 Å². The molecule has 0 bridgehead atoms. The molecule has 0 unspecified atom stereocenters. The first-order valence-corrected chi connectivity index (χ1v) is 9.61. The quantitative estimate of drug-likeness (QED) is 0.637. The highest BCUT2D eigenvalue weighted by atomic mass is 35.5. The first-order valence-electron chi connectivity index (χ1n) is 7.60. The van der Waals surface area contributed by atoms with Crippen LogP contribution in [0.15, 0.2) is 52.4 Å². The number of halogens is 1. The zero-order valence-corrected chi connectivity index (χ0v) is 15.9. The number of thiazole rings is 1. The zero-order chi connectivity index (χ0) is 18.1. The summed E-state index contributed by atoms with van der Waals surface area (Å²) in [7, 11) is 1.63. The van der Waals surface area contributed by atoms with E-state index in [1.165, 1.54) is 23.1 Å². The lowest BCUT2D eigenvalue weighted by Crippen LogP contribution is -2.19. The molecule has 1 saturated heterocycles. The second-order valence-corrected chi connectivity index (χ2v) is 7.84. The number of benzene rings is 2. The summed E-state index contributed by atoms with van der Waals surface area (Å²) < 4.78 is 6.20. The molecule has 0 aliphatic carbocycles. The number of carbonyl (C=O) groups is 1. The van der Waals surface area contributed by atoms with Gasteiger partial charge in [-0.15, -0.1) is 0 Å². The van der Waals surface area contributed by atoms with Crippen LogP contribution in [0.3, 0.4) is 0 Å². The van der Waals surface area contributed by atoms with Crippen molar-refractivity contribution in [1.29, 1.82) is 0 Å². The van der Waals surface area contributed by atoms with Crippen molar-refractivity contribution in [2.75, 3.05) is 7.11 Å². The van der Waals surface area contributed by atoms with Crippen LogP contribution in [0.1, 0.15) is 5.56 Å². The number of amides is 1. The molecule has 0 radical (unpaired) electrons. The van der Waals surface area contributed by atoms with Crippen LogP contribution in [0, 0.1) is 0 Å². The van der Waals surface area contributed by atoms with E-state index in [1.807, 2.05) is 36.4 Å². The zero-order valence-electron chi connectivity index (χ0n) is 13.5. The van der Waals surface area contributed by atoms with Gasteiger partial charge in [0, 0.05) is 5.02 Å². The van der Waals surface area contributed by atoms with Crippen LogP contribution in [0.2, 0.25) is 5.02 Å². The monoisotopic (exact) mass is 401 g/mol. The van der Waals surface area contributed by atoms with Gasteiger partial charge in [-0.25, -0.2) is 4.98 Å². The number of carbonyl (C=O) groups excluding carboxylic acids is 1. The highest BCUT2D eigenvalue weighted by molar-refractivity contribution is 8.18. The molecule has 1 aliphatic rings. The number of hydrogen-bond acceptors (Lipinski definition) is 6. The number of rotatable bonds is 3. The third kappa shape index (κ3) is 3.60. The molecule has 0 spiro atoms. The van der Waals surface area contributed by atoms with E-state index in [-0.39, 0.29) is 5.91 Å². The fourth-order valence-electron chi connectivity index (χ4n) is 2.35. The minimum Gasteiger partial charge on any atom is -0.497 e. The minimum atomic E-state index is -0.175. The molecule has 130 valence electrons. The van der Waals surface area contributed by atoms with Crippen LogP contribution in [0.4, 0.5) is 5.13 Å². The van der Waals surface area contributed by atoms with Gasteiger partial charge in [0.25, 0.3) is 5.91 Å². The second kappa shape index (κ2) is 7.11. The minimum absolute atomic E-state index is 0.175. The van der Waals surface area contributed by atoms with E-state index in [0.717, 1.165) is 21.5 Å². The van der Waals surface area contributed by atoms with Crippen molar-refractivity contribution in [1.82, 2.24) is 10.3 Å². The standard InChI is InChI=1S/C18H12ClN3O2S2/c1-24-12-6-7-13-14(9-12)25-17(20-13)22-18-21-16(23)15(26-18)8-10-2-4-11(19)5-3-10/h2-9H,1H3,(H,20,21,22,23)/b15-8-. The van der Waals surface area contributed by atoms with Crippen molar-refractivity contribution < 1.29 is 9.53 Å². The Bertz CT molecular complexity index is 1060. The van der Waals surface area contributed by atoms with E-state index >= 15 is 0 Å². The maximum atomic E-state index is 12.2. The highest BCUT2D eigenvalue weighted by Crippen LogP contribution is 2.33. The summed E-state index contributed by atoms with van der Waals surface area (Å²) in [5.74, 6) is 0.601. The van der Waals surface area contributed by atoms with E-state index in [1.54, 1.807) is 19.2 Å². The molecule has 1 aliphatic heterocycles. The summed E-state index contributed by atoms with van der Waals surface area (Å²) in [6.07, 6.45) is 1.81. The Morgan fingerprint density at radius 3 is 2.81 bits per heavy atom. The topological polar surface area (TPSA) is 63.6 Å². The fraction of sp³-hybridized carbons (Fsp3) is 0.0556. The van der Waals surface area contributed by atoms with Gasteiger partial charge in [-0.05, 0) is 53.7 Å². The van der Waals surface area contributed by atoms with Gasteiger partial charge < -0.3 is 10.1 Å². The Hall–Kier alpha value is -2.35. The molecule has 2 heterocycles. The Morgan fingerprint density at radius 2 is 2.04 bits per heavy atom. The van der Waals surface area contributed by atoms with Crippen LogP contribution in [-0.4, -0.2) is 23.2 Å². The molecule has 26 heavy (non-hydrogen) atoms. The molecule has 1 amide bonds. The van der Waals surface area contributed by atoms with Gasteiger partial charge in [0.1, 0.15) is 5.75 Å². The summed E-state index contributed by atoms with van der Waals surface area (Å²) in [6.45, 7) is 0. The Morgan fingerprint density at radius 1 is 1.23 bits per heavy atom. The number of aliphatic imine (C=N–C) groups is 1. The molecule has 1 fully saturated rings. The summed E-state index contributed by atoms with van der Waals surface area (Å²) in [5.41, 5.74) is 1.75. The molecule has 5 nitrogen and oxygen atoms in total. The number of methoxy groups -OCH3 is 1. The molecule has 2 aromatic carbocycles. The van der Waals surface area contributed by atoms with Crippen molar-refractivity contribution >= 4 is 67.2 Å². The average Bonchev–Trinajstić information content (AvgIpc) is 3.19. The van der Waals surface area contributed by atoms with E-state index < -0.39 is 0 Å². The van der Waals surface area contributed by atoms with Gasteiger partial charge in [0.05, 0.1) is 22.2 Å². The highest BCUT2D eigenvalue weighted by Gasteiger charge is 2.24. The number of fused-ring (bicyclic) bond motifs is 1. The average molecular weight is 402 g/mol. The van der Waals surface area contributed by atoms with Crippen LogP contribution in [0.25, 0.3) is 16.3 Å². The third-order valence-electron chi connectivity index (χ3n) is 3.60. The SMILES string of the molecule is COc1ccc2nc(N=C3NC(=O)/C(=C/c4ccc(Cl)cc4)S3)sc2c1. The number of nitrogens with zero attached hydrogens (tertiary/aromatic N) is 2. The van der Waals surface area contributed by atoms with Gasteiger partial charge in [-0.3, -0.25) is 4.79 Å². The maximum Gasteiger partial charge on any atom is 0.264 e. The molecule has 0 saturated carbocycles. The number of thioether (sulfide) groups is 1. The summed E-state index contributed by atoms with van der Waals surface area (Å²) in [5, 5.41) is 4.53. The molecule has 1 aromatic heterocycles. The van der Waals surface area contributed by atoms with Crippen molar-refractivity contribution in [2.24, 2.45) is 4.99 Å². The summed E-state index contributed by atoms with van der Waals surface area (Å²) >= 11 is 8.62. The lowest BCUT2D eigenvalue weighted by Gasteiger charge is -1.96. The fourth-order valence-corrected chi connectivity index (χ4v) is 4.22. The van der Waals surface area contributed by atoms with Gasteiger partial charge in [0.2, 0.25) is 5.13 Å². The largest absolute Gasteiger partial charge is 0.497 e. The Kier molecular flexibility index (Phi) is 4.67. The molecule has 1 N–H and O–H groups in total. The molecule has 8 heteroatoms. The lowest BCUT2D eigenvalue weighted by atomic mass is 10.2. The smallest absolute Gasteiger partial charge is 0.264 e. The second-order valence-electron chi connectivity index (χ2n) is 5.36. The van der Waals surface area contributed by atoms with Crippen LogP contribution >= 0.6 is 34.7 Å². The number of hydrogen-bond donors (Lipinski definition) is 1. The van der Waals surface area contributed by atoms with Crippen LogP contribution < -0.4 is 10.1 Å². The van der Waals surface area contributed by atoms with Crippen LogP contribution in [0.5, 0.6) is 5.75 Å². The van der Waals surface area contributed by atoms with E-state index in [2.05, 4.69) is 15.3 Å². The number of aromatic nitrogens is 1. The number of nitrogens with one attached hydrogen (secondary N) is 1. The molecular formula is C18H12ClN3O2S2. The summed E-state index contributed by atoms with van der Waals surface area (Å²) in [4.78, 5) is 21.7. The molecule has 3 aromatic rings. The lowest BCUT2D eigenvalue weighted by molar-refractivity contribution is -0.115. The van der Waals surface area contributed by atoms with Crippen molar-refractivity contribution in [3.05, 3.63) is 58.0 Å². The van der Waals surface area contributed by atoms with Crippen LogP contribution in [-0.2, 0) is 4.79 Å². The van der Waals surface area contributed by atoms with Gasteiger partial charge >= 0.3 is 0 Å². The summed E-state index contributed by atoms with van der Waals surface area (Å²) in [6, 6.07) is 13.0. The maximum absolute atomic E-state index is 12.2. The van der Waals surface area contributed by atoms with Gasteiger partial charge in [-0.1, -0.05) is 35.1 Å². The first-order chi connectivity index (χ1) is 12.6. The van der Waals surface area contributed by atoms with E-state index in [9.17, 15) is 4.79 Å². The first kappa shape index (κ1) is 17.1. The van der Waals surface area contributed by atoms with E-state index in [0.29, 0.717) is 20.2 Å². The molecule has 4 rings (SSSR count). The normalized spacial score (nSPS) is 17.2.